The molecule has 0 aliphatic carbocycles. The van der Waals surface area contributed by atoms with Crippen molar-refractivity contribution in [3.8, 4) is 5.75 Å². The Morgan fingerprint density at radius 1 is 1.21 bits per heavy atom. The molecule has 1 atom stereocenters. The summed E-state index contributed by atoms with van der Waals surface area (Å²) < 4.78 is 5.89. The summed E-state index contributed by atoms with van der Waals surface area (Å²) >= 11 is 7.76. The van der Waals surface area contributed by atoms with Crippen LogP contribution in [-0.2, 0) is 6.42 Å². The molecule has 19 heavy (non-hydrogen) atoms. The molecule has 5 heteroatoms. The molecule has 0 bridgehead atoms. The standard InChI is InChI=1S/C14H9ClN2OS/c15-12-9-5-6-19-14(9)17-13(16-12)11-7-8-3-1-2-4-10(8)18-11/h1-6,11H,7H2. The molecule has 0 amide bonds. The second kappa shape index (κ2) is 4.18. The van der Waals surface area contributed by atoms with Gasteiger partial charge < -0.3 is 4.74 Å². The Morgan fingerprint density at radius 3 is 3.00 bits per heavy atom. The van der Waals surface area contributed by atoms with Gasteiger partial charge in [0.1, 0.15) is 15.7 Å². The fourth-order valence-corrected chi connectivity index (χ4v) is 3.37. The molecule has 3 nitrogen and oxygen atoms in total. The van der Waals surface area contributed by atoms with Gasteiger partial charge >= 0.3 is 0 Å². The predicted octanol–water partition coefficient (Wildman–Crippen LogP) is 4.02. The van der Waals surface area contributed by atoms with Crippen molar-refractivity contribution >= 4 is 33.2 Å². The van der Waals surface area contributed by atoms with Crippen molar-refractivity contribution in [2.24, 2.45) is 0 Å². The van der Waals surface area contributed by atoms with Crippen LogP contribution in [0, 0.1) is 0 Å². The van der Waals surface area contributed by atoms with Crippen LogP contribution in [0.3, 0.4) is 0 Å². The second-order valence-electron chi connectivity index (χ2n) is 4.43. The van der Waals surface area contributed by atoms with Crippen LogP contribution >= 0.6 is 22.9 Å². The number of halogens is 1. The monoisotopic (exact) mass is 288 g/mol. The fourth-order valence-electron chi connectivity index (χ4n) is 2.30. The molecule has 1 aliphatic heterocycles. The summed E-state index contributed by atoms with van der Waals surface area (Å²) in [6.07, 6.45) is 0.657. The van der Waals surface area contributed by atoms with Gasteiger partial charge in [0.05, 0.1) is 0 Å². The molecule has 0 spiro atoms. The average molecular weight is 289 g/mol. The van der Waals surface area contributed by atoms with Crippen LogP contribution in [-0.4, -0.2) is 9.97 Å². The number of nitrogens with zero attached hydrogens (tertiary/aromatic N) is 2. The summed E-state index contributed by atoms with van der Waals surface area (Å²) in [6.45, 7) is 0. The number of rotatable bonds is 1. The lowest BCUT2D eigenvalue weighted by molar-refractivity contribution is 0.228. The first-order valence-corrected chi connectivity index (χ1v) is 7.22. The van der Waals surface area contributed by atoms with Gasteiger partial charge in [-0.1, -0.05) is 29.8 Å². The molecule has 2 aromatic heterocycles. The topological polar surface area (TPSA) is 35.0 Å². The first kappa shape index (κ1) is 11.2. The van der Waals surface area contributed by atoms with E-state index < -0.39 is 0 Å². The number of aromatic nitrogens is 2. The largest absolute Gasteiger partial charge is 0.482 e. The minimum Gasteiger partial charge on any atom is -0.482 e. The van der Waals surface area contributed by atoms with Crippen LogP contribution in [0.15, 0.2) is 35.7 Å². The Hall–Kier alpha value is -1.65. The van der Waals surface area contributed by atoms with Crippen molar-refractivity contribution in [2.45, 2.75) is 12.5 Å². The number of ether oxygens (including phenoxy) is 1. The van der Waals surface area contributed by atoms with Gasteiger partial charge in [-0.2, -0.15) is 0 Å². The van der Waals surface area contributed by atoms with E-state index in [1.54, 1.807) is 11.3 Å². The Morgan fingerprint density at radius 2 is 2.11 bits per heavy atom. The van der Waals surface area contributed by atoms with Crippen molar-refractivity contribution in [2.75, 3.05) is 0 Å². The quantitative estimate of drug-likeness (QED) is 0.634. The molecule has 1 aromatic carbocycles. The van der Waals surface area contributed by atoms with E-state index in [0.29, 0.717) is 11.0 Å². The summed E-state index contributed by atoms with van der Waals surface area (Å²) in [5, 5.41) is 3.38. The van der Waals surface area contributed by atoms with E-state index in [0.717, 1.165) is 22.4 Å². The Bertz CT molecular complexity index is 746. The van der Waals surface area contributed by atoms with Crippen LogP contribution in [0.1, 0.15) is 17.5 Å². The maximum absolute atomic E-state index is 6.19. The van der Waals surface area contributed by atoms with E-state index in [1.807, 2.05) is 29.6 Å². The molecular formula is C14H9ClN2OS. The first-order chi connectivity index (χ1) is 9.31. The van der Waals surface area contributed by atoms with Gasteiger partial charge in [0.2, 0.25) is 0 Å². The highest BCUT2D eigenvalue weighted by Crippen LogP contribution is 2.36. The molecule has 0 saturated heterocycles. The summed E-state index contributed by atoms with van der Waals surface area (Å²) in [5.74, 6) is 1.58. The zero-order valence-electron chi connectivity index (χ0n) is 9.84. The molecule has 1 unspecified atom stereocenters. The number of thiophene rings is 1. The van der Waals surface area contributed by atoms with E-state index in [2.05, 4.69) is 16.0 Å². The summed E-state index contributed by atoms with van der Waals surface area (Å²) in [5.41, 5.74) is 1.19. The second-order valence-corrected chi connectivity index (χ2v) is 5.68. The lowest BCUT2D eigenvalue weighted by atomic mass is 10.1. The summed E-state index contributed by atoms with van der Waals surface area (Å²) in [6, 6.07) is 9.97. The highest BCUT2D eigenvalue weighted by atomic mass is 35.5. The molecule has 3 heterocycles. The van der Waals surface area contributed by atoms with Crippen molar-refractivity contribution < 1.29 is 4.74 Å². The van der Waals surface area contributed by atoms with E-state index in [4.69, 9.17) is 16.3 Å². The highest BCUT2D eigenvalue weighted by molar-refractivity contribution is 7.16. The third-order valence-corrected chi connectivity index (χ3v) is 4.33. The van der Waals surface area contributed by atoms with Gasteiger partial charge in [-0.05, 0) is 23.1 Å². The lowest BCUT2D eigenvalue weighted by Gasteiger charge is -2.09. The zero-order valence-corrected chi connectivity index (χ0v) is 11.4. The van der Waals surface area contributed by atoms with Gasteiger partial charge in [-0.3, -0.25) is 0 Å². The van der Waals surface area contributed by atoms with Gasteiger partial charge in [0.25, 0.3) is 0 Å². The maximum Gasteiger partial charge on any atom is 0.172 e. The molecule has 0 N–H and O–H groups in total. The first-order valence-electron chi connectivity index (χ1n) is 5.96. The Labute approximate surface area is 118 Å². The summed E-state index contributed by atoms with van der Waals surface area (Å²) in [7, 11) is 0. The third kappa shape index (κ3) is 1.79. The molecule has 1 aliphatic rings. The average Bonchev–Trinajstić information content (AvgIpc) is 3.04. The minimum atomic E-state index is -0.138. The van der Waals surface area contributed by atoms with Crippen molar-refractivity contribution in [3.05, 3.63) is 52.3 Å². The van der Waals surface area contributed by atoms with Crippen LogP contribution in [0.5, 0.6) is 5.75 Å². The Kier molecular flexibility index (Phi) is 2.47. The molecule has 0 radical (unpaired) electrons. The van der Waals surface area contributed by atoms with Crippen LogP contribution in [0.4, 0.5) is 0 Å². The van der Waals surface area contributed by atoms with Crippen LogP contribution in [0.25, 0.3) is 10.2 Å². The third-order valence-electron chi connectivity index (χ3n) is 3.23. The number of hydrogen-bond donors (Lipinski definition) is 0. The van der Waals surface area contributed by atoms with Crippen molar-refractivity contribution in [3.63, 3.8) is 0 Å². The van der Waals surface area contributed by atoms with Gasteiger partial charge in [-0.15, -0.1) is 11.3 Å². The van der Waals surface area contributed by atoms with Crippen LogP contribution in [0.2, 0.25) is 5.15 Å². The Balaban J connectivity index is 1.76. The molecule has 0 fully saturated rings. The number of fused-ring (bicyclic) bond motifs is 2. The van der Waals surface area contributed by atoms with Crippen molar-refractivity contribution in [1.29, 1.82) is 0 Å². The fraction of sp³-hybridized carbons (Fsp3) is 0.143. The van der Waals surface area contributed by atoms with E-state index in [1.165, 1.54) is 5.56 Å². The lowest BCUT2D eigenvalue weighted by Crippen LogP contribution is -2.08. The zero-order chi connectivity index (χ0) is 12.8. The predicted molar refractivity (Wildman–Crippen MR) is 75.9 cm³/mol. The van der Waals surface area contributed by atoms with Crippen LogP contribution < -0.4 is 4.74 Å². The highest BCUT2D eigenvalue weighted by Gasteiger charge is 2.27. The van der Waals surface area contributed by atoms with Gasteiger partial charge in [0.15, 0.2) is 11.9 Å². The summed E-state index contributed by atoms with van der Waals surface area (Å²) in [4.78, 5) is 9.85. The minimum absolute atomic E-state index is 0.138. The van der Waals surface area contributed by atoms with Gasteiger partial charge in [0, 0.05) is 11.8 Å². The molecule has 3 aromatic rings. The number of hydrogen-bond acceptors (Lipinski definition) is 4. The smallest absolute Gasteiger partial charge is 0.172 e. The molecule has 94 valence electrons. The normalized spacial score (nSPS) is 17.4. The van der Waals surface area contributed by atoms with Gasteiger partial charge in [-0.25, -0.2) is 9.97 Å². The van der Waals surface area contributed by atoms with E-state index in [-0.39, 0.29) is 6.10 Å². The number of benzene rings is 1. The molecule has 4 rings (SSSR count). The van der Waals surface area contributed by atoms with E-state index >= 15 is 0 Å². The van der Waals surface area contributed by atoms with Crippen molar-refractivity contribution in [1.82, 2.24) is 9.97 Å². The molecule has 0 saturated carbocycles. The van der Waals surface area contributed by atoms with E-state index in [9.17, 15) is 0 Å². The SMILES string of the molecule is Clc1nc(C2Cc3ccccc3O2)nc2sccc12. The number of para-hydroxylation sites is 1. The maximum atomic E-state index is 6.19. The molecular weight excluding hydrogens is 280 g/mol.